The molecule has 0 heterocycles. The van der Waals surface area contributed by atoms with E-state index >= 15 is 0 Å². The number of amides is 1. The molecule has 1 aliphatic carbocycles. The molecule has 1 saturated carbocycles. The van der Waals surface area contributed by atoms with E-state index in [-0.39, 0.29) is 11.9 Å². The Balaban J connectivity index is 1.69. The van der Waals surface area contributed by atoms with Gasteiger partial charge in [-0.3, -0.25) is 4.79 Å². The number of nitrogens with zero attached hydrogens (tertiary/aromatic N) is 1. The van der Waals surface area contributed by atoms with E-state index in [1.807, 2.05) is 30.3 Å². The minimum atomic E-state index is -3.17. The van der Waals surface area contributed by atoms with Gasteiger partial charge in [0.05, 0.1) is 6.26 Å². The van der Waals surface area contributed by atoms with Crippen molar-refractivity contribution in [2.24, 2.45) is 0 Å². The number of carbonyl (C=O) groups excluding carboxylic acids is 1. The topological polar surface area (TPSA) is 66.5 Å². The summed E-state index contributed by atoms with van der Waals surface area (Å²) in [5.74, 6) is -0.0388. The molecular weight excluding hydrogens is 288 g/mol. The van der Waals surface area contributed by atoms with E-state index in [1.54, 1.807) is 0 Å². The van der Waals surface area contributed by atoms with E-state index in [0.29, 0.717) is 25.9 Å². The Morgan fingerprint density at radius 2 is 1.95 bits per heavy atom. The lowest BCUT2D eigenvalue weighted by atomic mass is 10.1. The van der Waals surface area contributed by atoms with Crippen LogP contribution in [0.4, 0.5) is 0 Å². The van der Waals surface area contributed by atoms with Crippen LogP contribution >= 0.6 is 0 Å². The van der Waals surface area contributed by atoms with Crippen molar-refractivity contribution in [1.29, 1.82) is 0 Å². The van der Waals surface area contributed by atoms with E-state index in [9.17, 15) is 13.2 Å². The molecule has 21 heavy (non-hydrogen) atoms. The zero-order valence-corrected chi connectivity index (χ0v) is 13.1. The van der Waals surface area contributed by atoms with Crippen molar-refractivity contribution in [2.45, 2.75) is 31.7 Å². The summed E-state index contributed by atoms with van der Waals surface area (Å²) in [6.45, 7) is 0.734. The number of nitrogens with one attached hydrogen (secondary N) is 1. The minimum absolute atomic E-state index is 0.0388. The number of hydrogen-bond donors (Lipinski definition) is 1. The van der Waals surface area contributed by atoms with Gasteiger partial charge in [-0.25, -0.2) is 8.42 Å². The van der Waals surface area contributed by atoms with Gasteiger partial charge in [-0.15, -0.1) is 0 Å². The number of hydrogen-bond acceptors (Lipinski definition) is 3. The van der Waals surface area contributed by atoms with E-state index in [0.717, 1.165) is 18.4 Å². The Morgan fingerprint density at radius 1 is 1.29 bits per heavy atom. The number of sulfonamides is 1. The Hall–Kier alpha value is -1.40. The lowest BCUT2D eigenvalue weighted by molar-refractivity contribution is -0.121. The van der Waals surface area contributed by atoms with Gasteiger partial charge in [-0.1, -0.05) is 30.3 Å². The van der Waals surface area contributed by atoms with Crippen molar-refractivity contribution in [1.82, 2.24) is 9.62 Å². The van der Waals surface area contributed by atoms with Crippen LogP contribution in [0.5, 0.6) is 0 Å². The second-order valence-electron chi connectivity index (χ2n) is 5.44. The van der Waals surface area contributed by atoms with E-state index in [4.69, 9.17) is 0 Å². The Labute approximate surface area is 126 Å². The van der Waals surface area contributed by atoms with Crippen molar-refractivity contribution in [3.8, 4) is 0 Å². The molecule has 1 aromatic rings. The van der Waals surface area contributed by atoms with Crippen LogP contribution in [0.15, 0.2) is 30.3 Å². The maximum absolute atomic E-state index is 11.8. The fraction of sp³-hybridized carbons (Fsp3) is 0.533. The van der Waals surface area contributed by atoms with Gasteiger partial charge in [-0.05, 0) is 24.8 Å². The Kier molecular flexibility index (Phi) is 5.36. The van der Waals surface area contributed by atoms with Crippen LogP contribution in [0, 0.1) is 0 Å². The summed E-state index contributed by atoms with van der Waals surface area (Å²) in [6, 6.07) is 9.97. The highest BCUT2D eigenvalue weighted by Crippen LogP contribution is 2.28. The maximum Gasteiger partial charge on any atom is 0.220 e. The van der Waals surface area contributed by atoms with Crippen LogP contribution in [-0.2, 0) is 21.2 Å². The van der Waals surface area contributed by atoms with Crippen LogP contribution < -0.4 is 5.32 Å². The average Bonchev–Trinajstić information content (AvgIpc) is 3.25. The molecule has 1 aromatic carbocycles. The van der Waals surface area contributed by atoms with E-state index < -0.39 is 10.0 Å². The van der Waals surface area contributed by atoms with Crippen molar-refractivity contribution in [3.05, 3.63) is 35.9 Å². The van der Waals surface area contributed by atoms with Crippen LogP contribution in [0.2, 0.25) is 0 Å². The van der Waals surface area contributed by atoms with Gasteiger partial charge in [-0.2, -0.15) is 4.31 Å². The molecule has 6 heteroatoms. The molecule has 0 atom stereocenters. The summed E-state index contributed by atoms with van der Waals surface area (Å²) in [6.07, 6.45) is 4.20. The van der Waals surface area contributed by atoms with Gasteiger partial charge in [0.25, 0.3) is 0 Å². The highest BCUT2D eigenvalue weighted by Gasteiger charge is 2.34. The fourth-order valence-corrected chi connectivity index (χ4v) is 3.45. The summed E-state index contributed by atoms with van der Waals surface area (Å²) in [5.41, 5.74) is 1.13. The maximum atomic E-state index is 11.8. The third-order valence-corrected chi connectivity index (χ3v) is 4.85. The minimum Gasteiger partial charge on any atom is -0.355 e. The lowest BCUT2D eigenvalue weighted by Gasteiger charge is -2.19. The Morgan fingerprint density at radius 3 is 2.52 bits per heavy atom. The van der Waals surface area contributed by atoms with Gasteiger partial charge in [0.15, 0.2) is 0 Å². The van der Waals surface area contributed by atoms with Gasteiger partial charge in [0.2, 0.25) is 15.9 Å². The SMILES string of the molecule is CS(=O)(=O)N(CCNC(=O)CCc1ccccc1)C1CC1. The van der Waals surface area contributed by atoms with Gasteiger partial charge >= 0.3 is 0 Å². The molecule has 116 valence electrons. The van der Waals surface area contributed by atoms with E-state index in [2.05, 4.69) is 5.32 Å². The second-order valence-corrected chi connectivity index (χ2v) is 7.38. The summed E-state index contributed by atoms with van der Waals surface area (Å²) >= 11 is 0. The summed E-state index contributed by atoms with van der Waals surface area (Å²) < 4.78 is 24.7. The third kappa shape index (κ3) is 5.47. The van der Waals surface area contributed by atoms with Crippen molar-refractivity contribution < 1.29 is 13.2 Å². The first kappa shape index (κ1) is 16.0. The molecule has 0 bridgehead atoms. The standard InChI is InChI=1S/C15H22N2O3S/c1-21(19,20)17(14-8-9-14)12-11-16-15(18)10-7-13-5-3-2-4-6-13/h2-6,14H,7-12H2,1H3,(H,16,18). The normalized spacial score (nSPS) is 15.1. The molecule has 1 fully saturated rings. The number of carbonyl (C=O) groups is 1. The smallest absolute Gasteiger partial charge is 0.220 e. The zero-order chi connectivity index (χ0) is 15.3. The molecule has 5 nitrogen and oxygen atoms in total. The van der Waals surface area contributed by atoms with Crippen molar-refractivity contribution >= 4 is 15.9 Å². The molecule has 0 spiro atoms. The quantitative estimate of drug-likeness (QED) is 0.783. The molecule has 1 N–H and O–H groups in total. The van der Waals surface area contributed by atoms with Crippen LogP contribution in [0.1, 0.15) is 24.8 Å². The number of rotatable bonds is 8. The molecule has 0 saturated heterocycles. The highest BCUT2D eigenvalue weighted by molar-refractivity contribution is 7.88. The first-order valence-electron chi connectivity index (χ1n) is 7.24. The summed E-state index contributed by atoms with van der Waals surface area (Å²) in [4.78, 5) is 11.8. The molecule has 0 aromatic heterocycles. The summed E-state index contributed by atoms with van der Waals surface area (Å²) in [5, 5.41) is 2.79. The van der Waals surface area contributed by atoms with Crippen molar-refractivity contribution in [3.63, 3.8) is 0 Å². The molecule has 2 rings (SSSR count). The Bertz CT molecular complexity index is 568. The molecule has 0 radical (unpaired) electrons. The zero-order valence-electron chi connectivity index (χ0n) is 12.3. The monoisotopic (exact) mass is 310 g/mol. The van der Waals surface area contributed by atoms with Crippen LogP contribution in [0.3, 0.4) is 0 Å². The predicted molar refractivity (Wildman–Crippen MR) is 82.3 cm³/mol. The van der Waals surface area contributed by atoms with E-state index in [1.165, 1.54) is 10.6 Å². The molecule has 1 amide bonds. The summed E-state index contributed by atoms with van der Waals surface area (Å²) in [7, 11) is -3.17. The first-order chi connectivity index (χ1) is 9.97. The fourth-order valence-electron chi connectivity index (χ4n) is 2.28. The lowest BCUT2D eigenvalue weighted by Crippen LogP contribution is -2.39. The van der Waals surface area contributed by atoms with Gasteiger partial charge in [0.1, 0.15) is 0 Å². The molecule has 0 aliphatic heterocycles. The number of aryl methyl sites for hydroxylation is 1. The first-order valence-corrected chi connectivity index (χ1v) is 9.09. The van der Waals surface area contributed by atoms with Gasteiger partial charge in [0, 0.05) is 25.6 Å². The van der Waals surface area contributed by atoms with Gasteiger partial charge < -0.3 is 5.32 Å². The predicted octanol–water partition coefficient (Wildman–Crippen LogP) is 1.16. The molecule has 0 unspecified atom stereocenters. The van der Waals surface area contributed by atoms with Crippen LogP contribution in [0.25, 0.3) is 0 Å². The van der Waals surface area contributed by atoms with Crippen molar-refractivity contribution in [2.75, 3.05) is 19.3 Å². The molecular formula is C15H22N2O3S. The largest absolute Gasteiger partial charge is 0.355 e. The highest BCUT2D eigenvalue weighted by atomic mass is 32.2. The average molecular weight is 310 g/mol. The second kappa shape index (κ2) is 7.04. The molecule has 1 aliphatic rings. The number of benzene rings is 1. The van der Waals surface area contributed by atoms with Crippen LogP contribution in [-0.4, -0.2) is 44.0 Å². The third-order valence-electron chi connectivity index (χ3n) is 3.52.